The van der Waals surface area contributed by atoms with Gasteiger partial charge < -0.3 is 9.80 Å². The zero-order chi connectivity index (χ0) is 19.5. The number of nitrogens with zero attached hydrogens (tertiary/aromatic N) is 2. The van der Waals surface area contributed by atoms with Crippen LogP contribution in [0.2, 0.25) is 0 Å². The Labute approximate surface area is 174 Å². The minimum atomic E-state index is 0.105. The molecule has 0 atom stereocenters. The van der Waals surface area contributed by atoms with Crippen LogP contribution in [0.4, 0.5) is 5.69 Å². The van der Waals surface area contributed by atoms with Crippen LogP contribution in [0.25, 0.3) is 0 Å². The largest absolute Gasteiger partial charge is 0.365 e. The lowest BCUT2D eigenvalue weighted by atomic mass is 10.1. The molecule has 3 aromatic rings. The molecule has 0 spiro atoms. The maximum atomic E-state index is 13.3. The van der Waals surface area contributed by atoms with E-state index in [9.17, 15) is 4.79 Å². The van der Waals surface area contributed by atoms with Gasteiger partial charge in [-0.2, -0.15) is 0 Å². The highest BCUT2D eigenvalue weighted by Crippen LogP contribution is 2.27. The number of amides is 1. The van der Waals surface area contributed by atoms with E-state index in [0.717, 1.165) is 34.4 Å². The van der Waals surface area contributed by atoms with E-state index < -0.39 is 0 Å². The van der Waals surface area contributed by atoms with Gasteiger partial charge >= 0.3 is 0 Å². The summed E-state index contributed by atoms with van der Waals surface area (Å²) in [7, 11) is 0. The summed E-state index contributed by atoms with van der Waals surface area (Å²) in [6.45, 7) is 5.01. The maximum absolute atomic E-state index is 13.3. The molecule has 0 aromatic heterocycles. The van der Waals surface area contributed by atoms with Gasteiger partial charge in [0.15, 0.2) is 0 Å². The molecule has 1 heterocycles. The molecule has 0 fully saturated rings. The first-order chi connectivity index (χ1) is 13.6. The van der Waals surface area contributed by atoms with Crippen molar-refractivity contribution in [1.82, 2.24) is 4.90 Å². The zero-order valence-electron chi connectivity index (χ0n) is 15.9. The number of benzene rings is 3. The van der Waals surface area contributed by atoms with Gasteiger partial charge in [0, 0.05) is 36.3 Å². The van der Waals surface area contributed by atoms with E-state index in [4.69, 9.17) is 0 Å². The lowest BCUT2D eigenvalue weighted by Gasteiger charge is -2.25. The summed E-state index contributed by atoms with van der Waals surface area (Å²) >= 11 is 3.55. The first-order valence-corrected chi connectivity index (χ1v) is 10.3. The van der Waals surface area contributed by atoms with Gasteiger partial charge in [-0.05, 0) is 42.3 Å². The minimum Gasteiger partial charge on any atom is -0.365 e. The Morgan fingerprint density at radius 1 is 0.821 bits per heavy atom. The molecule has 1 aliphatic rings. The van der Waals surface area contributed by atoms with Crippen molar-refractivity contribution in [2.75, 3.05) is 18.0 Å². The predicted molar refractivity (Wildman–Crippen MR) is 118 cm³/mol. The van der Waals surface area contributed by atoms with Crippen molar-refractivity contribution >= 4 is 27.5 Å². The fourth-order valence-corrected chi connectivity index (χ4v) is 4.10. The lowest BCUT2D eigenvalue weighted by molar-refractivity contribution is 0.0754. The molecular formula is C24H23BrN2O. The number of para-hydroxylation sites is 1. The van der Waals surface area contributed by atoms with Crippen molar-refractivity contribution in [1.29, 1.82) is 0 Å². The molecule has 0 aliphatic carbocycles. The van der Waals surface area contributed by atoms with Gasteiger partial charge in [-0.15, -0.1) is 0 Å². The molecule has 0 saturated heterocycles. The van der Waals surface area contributed by atoms with E-state index in [2.05, 4.69) is 76.3 Å². The van der Waals surface area contributed by atoms with Crippen LogP contribution in [0.3, 0.4) is 0 Å². The Hall–Kier alpha value is -2.59. The van der Waals surface area contributed by atoms with Crippen LogP contribution in [0.5, 0.6) is 0 Å². The van der Waals surface area contributed by atoms with Crippen LogP contribution < -0.4 is 4.90 Å². The van der Waals surface area contributed by atoms with Crippen molar-refractivity contribution in [2.24, 2.45) is 0 Å². The lowest BCUT2D eigenvalue weighted by Crippen LogP contribution is -2.34. The SMILES string of the molecule is Cc1ccc(CN2CCN(Cc3cccc(Br)c3)c3ccccc3C2=O)cc1. The van der Waals surface area contributed by atoms with Gasteiger partial charge in [0.25, 0.3) is 5.91 Å². The Morgan fingerprint density at radius 3 is 2.32 bits per heavy atom. The molecular weight excluding hydrogens is 412 g/mol. The molecule has 3 nitrogen and oxygen atoms in total. The highest BCUT2D eigenvalue weighted by molar-refractivity contribution is 9.10. The molecule has 0 bridgehead atoms. The molecule has 0 radical (unpaired) electrons. The second-order valence-electron chi connectivity index (χ2n) is 7.28. The fourth-order valence-electron chi connectivity index (χ4n) is 3.65. The number of anilines is 1. The van der Waals surface area contributed by atoms with E-state index in [-0.39, 0.29) is 5.91 Å². The monoisotopic (exact) mass is 434 g/mol. The standard InChI is InChI=1S/C24H23BrN2O/c1-18-9-11-19(12-10-18)16-27-14-13-26(17-20-5-4-6-21(25)15-20)23-8-3-2-7-22(23)24(27)28/h2-12,15H,13-14,16-17H2,1H3. The van der Waals surface area contributed by atoms with E-state index in [1.807, 2.05) is 29.2 Å². The van der Waals surface area contributed by atoms with Crippen LogP contribution in [-0.4, -0.2) is 23.9 Å². The fraction of sp³-hybridized carbons (Fsp3) is 0.208. The topological polar surface area (TPSA) is 23.6 Å². The quantitative estimate of drug-likeness (QED) is 0.547. The number of rotatable bonds is 4. The molecule has 3 aromatic carbocycles. The Bertz CT molecular complexity index is 984. The van der Waals surface area contributed by atoms with E-state index in [1.165, 1.54) is 11.1 Å². The Kier molecular flexibility index (Phi) is 5.49. The Morgan fingerprint density at radius 2 is 1.54 bits per heavy atom. The van der Waals surface area contributed by atoms with Gasteiger partial charge in [0.1, 0.15) is 0 Å². The second kappa shape index (κ2) is 8.19. The molecule has 28 heavy (non-hydrogen) atoms. The van der Waals surface area contributed by atoms with Crippen LogP contribution in [0.1, 0.15) is 27.0 Å². The van der Waals surface area contributed by atoms with Crippen molar-refractivity contribution in [3.63, 3.8) is 0 Å². The van der Waals surface area contributed by atoms with E-state index in [0.29, 0.717) is 13.1 Å². The molecule has 4 heteroatoms. The minimum absolute atomic E-state index is 0.105. The van der Waals surface area contributed by atoms with Crippen molar-refractivity contribution in [3.05, 3.63) is 99.5 Å². The molecule has 0 saturated carbocycles. The van der Waals surface area contributed by atoms with E-state index >= 15 is 0 Å². The summed E-state index contributed by atoms with van der Waals surface area (Å²) in [6, 6.07) is 24.7. The first-order valence-electron chi connectivity index (χ1n) is 9.53. The molecule has 0 N–H and O–H groups in total. The summed E-state index contributed by atoms with van der Waals surface area (Å²) in [5.41, 5.74) is 5.41. The third kappa shape index (κ3) is 4.12. The summed E-state index contributed by atoms with van der Waals surface area (Å²) in [4.78, 5) is 17.5. The normalized spacial score (nSPS) is 14.0. The number of carbonyl (C=O) groups is 1. The Balaban J connectivity index is 1.61. The van der Waals surface area contributed by atoms with Gasteiger partial charge in [0.05, 0.1) is 5.56 Å². The number of hydrogen-bond donors (Lipinski definition) is 0. The molecule has 4 rings (SSSR count). The summed E-state index contributed by atoms with van der Waals surface area (Å²) in [5, 5.41) is 0. The van der Waals surface area contributed by atoms with E-state index in [1.54, 1.807) is 0 Å². The maximum Gasteiger partial charge on any atom is 0.256 e. The number of hydrogen-bond acceptors (Lipinski definition) is 2. The van der Waals surface area contributed by atoms with Crippen molar-refractivity contribution in [2.45, 2.75) is 20.0 Å². The van der Waals surface area contributed by atoms with Gasteiger partial charge in [-0.1, -0.05) is 70.0 Å². The van der Waals surface area contributed by atoms with Crippen molar-refractivity contribution in [3.8, 4) is 0 Å². The smallest absolute Gasteiger partial charge is 0.256 e. The molecule has 1 amide bonds. The second-order valence-corrected chi connectivity index (χ2v) is 8.20. The third-order valence-electron chi connectivity index (χ3n) is 5.16. The van der Waals surface area contributed by atoms with Gasteiger partial charge in [-0.25, -0.2) is 0 Å². The molecule has 142 valence electrons. The number of halogens is 1. The van der Waals surface area contributed by atoms with Crippen molar-refractivity contribution < 1.29 is 4.79 Å². The van der Waals surface area contributed by atoms with Gasteiger partial charge in [0.2, 0.25) is 0 Å². The number of carbonyl (C=O) groups excluding carboxylic acids is 1. The van der Waals surface area contributed by atoms with Crippen LogP contribution in [0, 0.1) is 6.92 Å². The average molecular weight is 435 g/mol. The highest BCUT2D eigenvalue weighted by Gasteiger charge is 2.26. The van der Waals surface area contributed by atoms with Crippen LogP contribution >= 0.6 is 15.9 Å². The average Bonchev–Trinajstić information content (AvgIpc) is 2.82. The molecule has 0 unspecified atom stereocenters. The number of aryl methyl sites for hydroxylation is 1. The van der Waals surface area contributed by atoms with Crippen LogP contribution in [0.15, 0.2) is 77.3 Å². The molecule has 1 aliphatic heterocycles. The highest BCUT2D eigenvalue weighted by atomic mass is 79.9. The third-order valence-corrected chi connectivity index (χ3v) is 5.65. The van der Waals surface area contributed by atoms with Crippen LogP contribution in [-0.2, 0) is 13.1 Å². The summed E-state index contributed by atoms with van der Waals surface area (Å²) in [6.07, 6.45) is 0. The first kappa shape index (κ1) is 18.8. The predicted octanol–water partition coefficient (Wildman–Crippen LogP) is 5.42. The summed E-state index contributed by atoms with van der Waals surface area (Å²) in [5.74, 6) is 0.105. The van der Waals surface area contributed by atoms with Gasteiger partial charge in [-0.3, -0.25) is 4.79 Å². The number of fused-ring (bicyclic) bond motifs is 1. The zero-order valence-corrected chi connectivity index (χ0v) is 17.5. The summed E-state index contributed by atoms with van der Waals surface area (Å²) < 4.78 is 1.07.